The molecule has 0 N–H and O–H groups in total. The fourth-order valence-electron chi connectivity index (χ4n) is 3.36. The Labute approximate surface area is 151 Å². The van der Waals surface area contributed by atoms with Crippen LogP contribution in [0.1, 0.15) is 36.0 Å². The number of ether oxygens (including phenoxy) is 1. The first kappa shape index (κ1) is 17.9. The lowest BCUT2D eigenvalue weighted by Crippen LogP contribution is -2.44. The molecule has 2 fully saturated rings. The quantitative estimate of drug-likeness (QED) is 0.455. The number of amides is 2. The van der Waals surface area contributed by atoms with E-state index in [1.165, 1.54) is 11.3 Å². The highest BCUT2D eigenvalue weighted by Crippen LogP contribution is 2.27. The van der Waals surface area contributed by atoms with Gasteiger partial charge >= 0.3 is 5.97 Å². The maximum Gasteiger partial charge on any atom is 0.338 e. The number of carbonyl (C=O) groups is 3. The average molecular weight is 365 g/mol. The van der Waals surface area contributed by atoms with E-state index >= 15 is 0 Å². The highest BCUT2D eigenvalue weighted by atomic mass is 35.5. The molecule has 0 aromatic heterocycles. The molecule has 2 amide bonds. The summed E-state index contributed by atoms with van der Waals surface area (Å²) in [6.45, 7) is 1.87. The molecule has 1 aromatic carbocycles. The molecule has 1 aromatic rings. The van der Waals surface area contributed by atoms with Crippen molar-refractivity contribution >= 4 is 35.1 Å². The largest absolute Gasteiger partial charge is 0.461 e. The summed E-state index contributed by atoms with van der Waals surface area (Å²) in [6.07, 6.45) is 3.53. The fraction of sp³-hybridized carbons (Fsp3) is 0.500. The molecule has 2 heterocycles. The topological polar surface area (TPSA) is 66.9 Å². The Balaban J connectivity index is 1.71. The van der Waals surface area contributed by atoms with E-state index in [-0.39, 0.29) is 36.8 Å². The summed E-state index contributed by atoms with van der Waals surface area (Å²) < 4.78 is 4.96. The number of piperidine rings is 1. The standard InChI is InChI=1S/C18H21ClN2O4/c19-8-11-25-18(24)13-4-6-14(7-5-13)21-16(22)12-15(17(21)23)20-9-2-1-3-10-20/h4-7,15H,1-3,8-12H2/t15-/m1/s1. The van der Waals surface area contributed by atoms with E-state index in [0.717, 1.165) is 25.9 Å². The van der Waals surface area contributed by atoms with E-state index in [0.29, 0.717) is 11.3 Å². The monoisotopic (exact) mass is 364 g/mol. The third kappa shape index (κ3) is 3.85. The molecule has 2 aliphatic rings. The Morgan fingerprint density at radius 1 is 1.12 bits per heavy atom. The Hall–Kier alpha value is -1.92. The van der Waals surface area contributed by atoms with Crippen LogP contribution in [0.25, 0.3) is 0 Å². The van der Waals surface area contributed by atoms with E-state index in [1.54, 1.807) is 24.3 Å². The van der Waals surface area contributed by atoms with Crippen molar-refractivity contribution in [3.05, 3.63) is 29.8 Å². The molecular weight excluding hydrogens is 344 g/mol. The predicted octanol–water partition coefficient (Wildman–Crippen LogP) is 2.20. The third-order valence-electron chi connectivity index (χ3n) is 4.63. The van der Waals surface area contributed by atoms with Crippen LogP contribution >= 0.6 is 11.6 Å². The van der Waals surface area contributed by atoms with Gasteiger partial charge in [0.1, 0.15) is 6.61 Å². The zero-order chi connectivity index (χ0) is 17.8. The lowest BCUT2D eigenvalue weighted by molar-refractivity contribution is -0.123. The van der Waals surface area contributed by atoms with Crippen molar-refractivity contribution in [3.8, 4) is 0 Å². The van der Waals surface area contributed by atoms with Crippen molar-refractivity contribution in [1.29, 1.82) is 0 Å². The molecule has 0 unspecified atom stereocenters. The minimum Gasteiger partial charge on any atom is -0.461 e. The third-order valence-corrected chi connectivity index (χ3v) is 4.78. The maximum absolute atomic E-state index is 12.7. The molecule has 1 atom stereocenters. The van der Waals surface area contributed by atoms with Gasteiger partial charge < -0.3 is 4.74 Å². The zero-order valence-corrected chi connectivity index (χ0v) is 14.7. The zero-order valence-electron chi connectivity index (χ0n) is 13.9. The number of rotatable bonds is 5. The van der Waals surface area contributed by atoms with E-state index in [9.17, 15) is 14.4 Å². The first-order valence-corrected chi connectivity index (χ1v) is 9.09. The fourth-order valence-corrected chi connectivity index (χ4v) is 3.44. The summed E-state index contributed by atoms with van der Waals surface area (Å²) in [4.78, 5) is 40.2. The van der Waals surface area contributed by atoms with Gasteiger partial charge in [0.25, 0.3) is 5.91 Å². The van der Waals surface area contributed by atoms with Crippen molar-refractivity contribution in [2.45, 2.75) is 31.7 Å². The van der Waals surface area contributed by atoms with Crippen LogP contribution in [-0.2, 0) is 14.3 Å². The average Bonchev–Trinajstić information content (AvgIpc) is 2.95. The summed E-state index contributed by atoms with van der Waals surface area (Å²) in [5.74, 6) is -0.613. The molecule has 0 aliphatic carbocycles. The van der Waals surface area contributed by atoms with Crippen LogP contribution in [0, 0.1) is 0 Å². The number of benzene rings is 1. The number of carbonyl (C=O) groups excluding carboxylic acids is 3. The van der Waals surface area contributed by atoms with Crippen LogP contribution in [0.5, 0.6) is 0 Å². The van der Waals surface area contributed by atoms with Crippen molar-refractivity contribution < 1.29 is 19.1 Å². The minimum atomic E-state index is -0.475. The van der Waals surface area contributed by atoms with Crippen LogP contribution in [-0.4, -0.2) is 54.3 Å². The molecular formula is C18H21ClN2O4. The van der Waals surface area contributed by atoms with Crippen molar-refractivity contribution in [1.82, 2.24) is 4.90 Å². The van der Waals surface area contributed by atoms with Gasteiger partial charge in [0.2, 0.25) is 5.91 Å². The number of esters is 1. The van der Waals surface area contributed by atoms with Crippen LogP contribution in [0.3, 0.4) is 0 Å². The number of hydrogen-bond acceptors (Lipinski definition) is 5. The van der Waals surface area contributed by atoms with Crippen molar-refractivity contribution in [3.63, 3.8) is 0 Å². The lowest BCUT2D eigenvalue weighted by atomic mass is 10.1. The van der Waals surface area contributed by atoms with Gasteiger partial charge in [-0.3, -0.25) is 14.5 Å². The minimum absolute atomic E-state index is 0.142. The number of halogens is 1. The Kier molecular flexibility index (Phi) is 5.71. The van der Waals surface area contributed by atoms with Crippen molar-refractivity contribution in [2.24, 2.45) is 0 Å². The summed E-state index contributed by atoms with van der Waals surface area (Å²) in [5, 5.41) is 0. The van der Waals surface area contributed by atoms with Crippen LogP contribution in [0.4, 0.5) is 5.69 Å². The molecule has 25 heavy (non-hydrogen) atoms. The van der Waals surface area contributed by atoms with Gasteiger partial charge in [-0.2, -0.15) is 0 Å². The second-order valence-corrected chi connectivity index (χ2v) is 6.63. The van der Waals surface area contributed by atoms with Gasteiger partial charge in [0, 0.05) is 0 Å². The molecule has 0 bridgehead atoms. The number of nitrogens with zero attached hydrogens (tertiary/aromatic N) is 2. The van der Waals surface area contributed by atoms with E-state index in [1.807, 2.05) is 0 Å². The molecule has 2 saturated heterocycles. The number of imide groups is 1. The van der Waals surface area contributed by atoms with Crippen LogP contribution in [0.2, 0.25) is 0 Å². The summed E-state index contributed by atoms with van der Waals surface area (Å²) in [6, 6.07) is 5.96. The molecule has 2 aliphatic heterocycles. The highest BCUT2D eigenvalue weighted by Gasteiger charge is 2.42. The van der Waals surface area contributed by atoms with Gasteiger partial charge in [-0.15, -0.1) is 11.6 Å². The molecule has 6 nitrogen and oxygen atoms in total. The molecule has 0 radical (unpaired) electrons. The molecule has 0 saturated carbocycles. The van der Waals surface area contributed by atoms with Gasteiger partial charge in [0.15, 0.2) is 0 Å². The maximum atomic E-state index is 12.7. The Morgan fingerprint density at radius 2 is 1.80 bits per heavy atom. The summed E-state index contributed by atoms with van der Waals surface area (Å²) in [5.41, 5.74) is 0.851. The number of likely N-dealkylation sites (tertiary alicyclic amines) is 1. The smallest absolute Gasteiger partial charge is 0.338 e. The normalized spacial score (nSPS) is 21.6. The van der Waals surface area contributed by atoms with Gasteiger partial charge in [0.05, 0.1) is 29.6 Å². The van der Waals surface area contributed by atoms with E-state index in [2.05, 4.69) is 4.90 Å². The second-order valence-electron chi connectivity index (χ2n) is 6.26. The molecule has 0 spiro atoms. The Bertz CT molecular complexity index is 656. The van der Waals surface area contributed by atoms with Gasteiger partial charge in [-0.05, 0) is 50.2 Å². The van der Waals surface area contributed by atoms with Gasteiger partial charge in [-0.25, -0.2) is 9.69 Å². The van der Waals surface area contributed by atoms with Gasteiger partial charge in [-0.1, -0.05) is 6.42 Å². The van der Waals surface area contributed by atoms with Crippen molar-refractivity contribution in [2.75, 3.05) is 30.5 Å². The molecule has 3 rings (SSSR count). The predicted molar refractivity (Wildman–Crippen MR) is 93.8 cm³/mol. The number of alkyl halides is 1. The van der Waals surface area contributed by atoms with E-state index in [4.69, 9.17) is 16.3 Å². The lowest BCUT2D eigenvalue weighted by Gasteiger charge is -2.30. The summed E-state index contributed by atoms with van der Waals surface area (Å²) >= 11 is 5.49. The van der Waals surface area contributed by atoms with Crippen LogP contribution < -0.4 is 4.90 Å². The highest BCUT2D eigenvalue weighted by molar-refractivity contribution is 6.22. The number of anilines is 1. The molecule has 134 valence electrons. The number of hydrogen-bond donors (Lipinski definition) is 0. The van der Waals surface area contributed by atoms with Crippen LogP contribution in [0.15, 0.2) is 24.3 Å². The van der Waals surface area contributed by atoms with E-state index < -0.39 is 5.97 Å². The first-order chi connectivity index (χ1) is 12.1. The first-order valence-electron chi connectivity index (χ1n) is 8.56. The molecule has 7 heteroatoms. The second kappa shape index (κ2) is 7.97. The SMILES string of the molecule is O=C(OCCCl)c1ccc(N2C(=O)C[C@@H](N3CCCCC3)C2=O)cc1. The summed E-state index contributed by atoms with van der Waals surface area (Å²) in [7, 11) is 0. The Morgan fingerprint density at radius 3 is 2.44 bits per heavy atom.